The molecule has 0 saturated heterocycles. The minimum atomic E-state index is -3.63. The van der Waals surface area contributed by atoms with E-state index in [1.165, 1.54) is 12.1 Å². The van der Waals surface area contributed by atoms with Crippen LogP contribution < -0.4 is 9.46 Å². The van der Waals surface area contributed by atoms with Gasteiger partial charge in [-0.1, -0.05) is 36.4 Å². The highest BCUT2D eigenvalue weighted by atomic mass is 32.2. The highest BCUT2D eigenvalue weighted by Crippen LogP contribution is 2.23. The van der Waals surface area contributed by atoms with E-state index in [9.17, 15) is 8.42 Å². The summed E-state index contributed by atoms with van der Waals surface area (Å²) in [5.41, 5.74) is 1.82. The quantitative estimate of drug-likeness (QED) is 0.695. The van der Waals surface area contributed by atoms with E-state index in [-0.39, 0.29) is 17.4 Å². The Labute approximate surface area is 153 Å². The molecule has 1 atom stereocenters. The number of ether oxygens (including phenoxy) is 1. The van der Waals surface area contributed by atoms with Crippen molar-refractivity contribution in [3.8, 4) is 5.75 Å². The summed E-state index contributed by atoms with van der Waals surface area (Å²) >= 11 is 0. The number of benzene rings is 2. The van der Waals surface area contributed by atoms with Gasteiger partial charge in [-0.05, 0) is 42.0 Å². The fourth-order valence-electron chi connectivity index (χ4n) is 2.69. The van der Waals surface area contributed by atoms with Crippen molar-refractivity contribution in [1.29, 1.82) is 0 Å². The van der Waals surface area contributed by atoms with Gasteiger partial charge >= 0.3 is 0 Å². The van der Waals surface area contributed by atoms with Gasteiger partial charge in [-0.3, -0.25) is 4.98 Å². The number of nitrogens with zero attached hydrogens (tertiary/aromatic N) is 1. The van der Waals surface area contributed by atoms with Gasteiger partial charge in [-0.2, -0.15) is 0 Å². The van der Waals surface area contributed by atoms with E-state index in [1.807, 2.05) is 48.5 Å². The predicted molar refractivity (Wildman–Crippen MR) is 101 cm³/mol. The van der Waals surface area contributed by atoms with Gasteiger partial charge in [-0.15, -0.1) is 0 Å². The highest BCUT2D eigenvalue weighted by Gasteiger charge is 2.20. The summed E-state index contributed by atoms with van der Waals surface area (Å²) in [6.07, 6.45) is 1.71. The zero-order valence-corrected chi connectivity index (χ0v) is 15.2. The molecule has 3 aromatic rings. The normalized spacial score (nSPS) is 12.5. The second-order valence-electron chi connectivity index (χ2n) is 5.75. The third kappa shape index (κ3) is 4.28. The summed E-state index contributed by atoms with van der Waals surface area (Å²) in [5.74, 6) is 0.435. The van der Waals surface area contributed by atoms with Crippen LogP contribution in [0.4, 0.5) is 0 Å². The molecule has 0 radical (unpaired) electrons. The molecule has 0 fully saturated rings. The van der Waals surface area contributed by atoms with Crippen LogP contribution in [0.2, 0.25) is 0 Å². The molecule has 5 nitrogen and oxygen atoms in total. The van der Waals surface area contributed by atoms with E-state index < -0.39 is 10.0 Å². The topological polar surface area (TPSA) is 68.3 Å². The van der Waals surface area contributed by atoms with Crippen molar-refractivity contribution < 1.29 is 13.2 Å². The molecule has 0 bridgehead atoms. The standard InChI is InChI=1S/C20H20N2O3S/c1-25-17-10-12-18(13-11-17)26(23,24)22-15-19(16-7-3-2-4-8-16)20-9-5-6-14-21-20/h2-14,19,22H,15H2,1H3. The van der Waals surface area contributed by atoms with E-state index in [0.29, 0.717) is 5.75 Å². The largest absolute Gasteiger partial charge is 0.497 e. The van der Waals surface area contributed by atoms with E-state index in [2.05, 4.69) is 9.71 Å². The van der Waals surface area contributed by atoms with Crippen LogP contribution in [0.3, 0.4) is 0 Å². The summed E-state index contributed by atoms with van der Waals surface area (Å²) < 4.78 is 33.0. The van der Waals surface area contributed by atoms with Crippen LogP contribution in [-0.4, -0.2) is 27.1 Å². The Bertz CT molecular complexity index is 888. The van der Waals surface area contributed by atoms with E-state index >= 15 is 0 Å². The van der Waals surface area contributed by atoms with Gasteiger partial charge in [0.2, 0.25) is 10.0 Å². The van der Waals surface area contributed by atoms with Gasteiger partial charge in [0.15, 0.2) is 0 Å². The molecule has 0 spiro atoms. The molecule has 1 aromatic heterocycles. The fraction of sp³-hybridized carbons (Fsp3) is 0.150. The fourth-order valence-corrected chi connectivity index (χ4v) is 3.74. The molecular formula is C20H20N2O3S. The summed E-state index contributed by atoms with van der Waals surface area (Å²) in [6, 6.07) is 21.7. The maximum Gasteiger partial charge on any atom is 0.240 e. The van der Waals surface area contributed by atoms with Crippen molar-refractivity contribution in [2.24, 2.45) is 0 Å². The minimum Gasteiger partial charge on any atom is -0.497 e. The smallest absolute Gasteiger partial charge is 0.240 e. The Morgan fingerprint density at radius 1 is 0.962 bits per heavy atom. The Balaban J connectivity index is 1.83. The average molecular weight is 368 g/mol. The van der Waals surface area contributed by atoms with Crippen molar-refractivity contribution in [3.05, 3.63) is 90.3 Å². The molecule has 1 unspecified atom stereocenters. The molecule has 0 saturated carbocycles. The summed E-state index contributed by atoms with van der Waals surface area (Å²) in [5, 5.41) is 0. The number of hydrogen-bond acceptors (Lipinski definition) is 4. The van der Waals surface area contributed by atoms with Crippen molar-refractivity contribution in [2.75, 3.05) is 13.7 Å². The van der Waals surface area contributed by atoms with Crippen molar-refractivity contribution in [3.63, 3.8) is 0 Å². The lowest BCUT2D eigenvalue weighted by atomic mass is 9.95. The Hall–Kier alpha value is -2.70. The first-order valence-corrected chi connectivity index (χ1v) is 9.68. The zero-order valence-electron chi connectivity index (χ0n) is 14.4. The Kier molecular flexibility index (Phi) is 5.65. The van der Waals surface area contributed by atoms with Crippen molar-refractivity contribution in [1.82, 2.24) is 9.71 Å². The van der Waals surface area contributed by atoms with Crippen LogP contribution in [0, 0.1) is 0 Å². The molecule has 6 heteroatoms. The molecule has 3 rings (SSSR count). The third-order valence-corrected chi connectivity index (χ3v) is 5.53. The zero-order chi connectivity index (χ0) is 18.4. The molecule has 134 valence electrons. The summed E-state index contributed by atoms with van der Waals surface area (Å²) in [6.45, 7) is 0.218. The summed E-state index contributed by atoms with van der Waals surface area (Å²) in [4.78, 5) is 4.60. The third-order valence-electron chi connectivity index (χ3n) is 4.09. The molecule has 26 heavy (non-hydrogen) atoms. The molecule has 0 aliphatic carbocycles. The maximum atomic E-state index is 12.6. The molecule has 1 N–H and O–H groups in total. The van der Waals surface area contributed by atoms with Gasteiger partial charge in [0, 0.05) is 24.4 Å². The Morgan fingerprint density at radius 3 is 2.27 bits per heavy atom. The lowest BCUT2D eigenvalue weighted by Gasteiger charge is -2.18. The number of aromatic nitrogens is 1. The SMILES string of the molecule is COc1ccc(S(=O)(=O)NCC(c2ccccc2)c2ccccn2)cc1. The van der Waals surface area contributed by atoms with Crippen molar-refractivity contribution in [2.45, 2.75) is 10.8 Å². The second-order valence-corrected chi connectivity index (χ2v) is 7.51. The highest BCUT2D eigenvalue weighted by molar-refractivity contribution is 7.89. The molecule has 0 amide bonds. The molecule has 0 aliphatic heterocycles. The summed E-state index contributed by atoms with van der Waals surface area (Å²) in [7, 11) is -2.09. The molecule has 2 aromatic carbocycles. The van der Waals surface area contributed by atoms with E-state index in [4.69, 9.17) is 4.74 Å². The maximum absolute atomic E-state index is 12.6. The van der Waals surface area contributed by atoms with E-state index in [1.54, 1.807) is 25.4 Å². The average Bonchev–Trinajstić information content (AvgIpc) is 2.70. The van der Waals surface area contributed by atoms with Gasteiger partial charge < -0.3 is 4.74 Å². The van der Waals surface area contributed by atoms with Gasteiger partial charge in [0.1, 0.15) is 5.75 Å². The van der Waals surface area contributed by atoms with E-state index in [0.717, 1.165) is 11.3 Å². The van der Waals surface area contributed by atoms with Crippen molar-refractivity contribution >= 4 is 10.0 Å². The van der Waals surface area contributed by atoms with Crippen LogP contribution in [0.1, 0.15) is 17.2 Å². The monoisotopic (exact) mass is 368 g/mol. The molecule has 0 aliphatic rings. The van der Waals surface area contributed by atoms with Crippen LogP contribution in [0.25, 0.3) is 0 Å². The number of nitrogens with one attached hydrogen (secondary N) is 1. The number of sulfonamides is 1. The lowest BCUT2D eigenvalue weighted by Crippen LogP contribution is -2.29. The van der Waals surface area contributed by atoms with Gasteiger partial charge in [-0.25, -0.2) is 13.1 Å². The van der Waals surface area contributed by atoms with Crippen LogP contribution in [0.5, 0.6) is 5.75 Å². The predicted octanol–water partition coefficient (Wildman–Crippen LogP) is 3.20. The Morgan fingerprint density at radius 2 is 1.65 bits per heavy atom. The molecule has 1 heterocycles. The first-order valence-electron chi connectivity index (χ1n) is 8.20. The number of pyridine rings is 1. The van der Waals surface area contributed by atoms with Gasteiger partial charge in [0.25, 0.3) is 0 Å². The first kappa shape index (κ1) is 18.1. The number of hydrogen-bond donors (Lipinski definition) is 1. The van der Waals surface area contributed by atoms with Gasteiger partial charge in [0.05, 0.1) is 12.0 Å². The molecular weight excluding hydrogens is 348 g/mol. The number of methoxy groups -OCH3 is 1. The minimum absolute atomic E-state index is 0.176. The van der Waals surface area contributed by atoms with Crippen LogP contribution in [0.15, 0.2) is 83.9 Å². The van der Waals surface area contributed by atoms with Crippen LogP contribution in [-0.2, 0) is 10.0 Å². The lowest BCUT2D eigenvalue weighted by molar-refractivity contribution is 0.414. The second kappa shape index (κ2) is 8.12. The van der Waals surface area contributed by atoms with Crippen LogP contribution >= 0.6 is 0 Å². The first-order chi connectivity index (χ1) is 12.6. The number of rotatable bonds is 7.